The van der Waals surface area contributed by atoms with Gasteiger partial charge >= 0.3 is 11.9 Å². The SMILES string of the molecule is O=C(CSc1ccc(C(F)(F)F)cn1)Nc1ccc2[nH]c(=O)[nH]c2c1. The zero-order valence-electron chi connectivity index (χ0n) is 12.5. The van der Waals surface area contributed by atoms with Crippen LogP contribution in [0.2, 0.25) is 0 Å². The number of benzene rings is 1. The predicted octanol–water partition coefficient (Wildman–Crippen LogP) is 3.00. The molecule has 0 atom stereocenters. The number of hydrogen-bond acceptors (Lipinski definition) is 4. The second kappa shape index (κ2) is 6.63. The Morgan fingerprint density at radius 1 is 1.16 bits per heavy atom. The van der Waals surface area contributed by atoms with Gasteiger partial charge in [0.2, 0.25) is 5.91 Å². The lowest BCUT2D eigenvalue weighted by Gasteiger charge is -2.07. The van der Waals surface area contributed by atoms with Crippen LogP contribution in [0.25, 0.3) is 11.0 Å². The van der Waals surface area contributed by atoms with E-state index in [1.807, 2.05) is 0 Å². The minimum Gasteiger partial charge on any atom is -0.325 e. The Kier molecular flexibility index (Phi) is 4.53. The highest BCUT2D eigenvalue weighted by Crippen LogP contribution is 2.29. The van der Waals surface area contributed by atoms with Crippen LogP contribution >= 0.6 is 11.8 Å². The molecule has 6 nitrogen and oxygen atoms in total. The Morgan fingerprint density at radius 3 is 2.60 bits per heavy atom. The van der Waals surface area contributed by atoms with E-state index in [1.54, 1.807) is 18.2 Å². The first-order valence-electron chi connectivity index (χ1n) is 6.99. The number of rotatable bonds is 4. The van der Waals surface area contributed by atoms with Crippen molar-refractivity contribution in [1.82, 2.24) is 15.0 Å². The van der Waals surface area contributed by atoms with Crippen LogP contribution in [0.4, 0.5) is 18.9 Å². The zero-order chi connectivity index (χ0) is 18.0. The number of amides is 1. The smallest absolute Gasteiger partial charge is 0.325 e. The fraction of sp³-hybridized carbons (Fsp3) is 0.133. The molecular formula is C15H11F3N4O2S. The van der Waals surface area contributed by atoms with Crippen LogP contribution < -0.4 is 11.0 Å². The highest BCUT2D eigenvalue weighted by molar-refractivity contribution is 7.99. The van der Waals surface area contributed by atoms with Gasteiger partial charge < -0.3 is 15.3 Å². The van der Waals surface area contributed by atoms with Gasteiger partial charge in [-0.3, -0.25) is 4.79 Å². The number of fused-ring (bicyclic) bond motifs is 1. The number of thioether (sulfide) groups is 1. The number of carbonyl (C=O) groups is 1. The molecule has 3 rings (SSSR count). The summed E-state index contributed by atoms with van der Waals surface area (Å²) in [5, 5.41) is 2.96. The van der Waals surface area contributed by atoms with Crippen LogP contribution in [-0.4, -0.2) is 26.6 Å². The van der Waals surface area contributed by atoms with E-state index in [-0.39, 0.29) is 17.3 Å². The van der Waals surface area contributed by atoms with Gasteiger partial charge in [0.1, 0.15) is 0 Å². The third-order valence-corrected chi connectivity index (χ3v) is 4.16. The maximum absolute atomic E-state index is 12.5. The van der Waals surface area contributed by atoms with Crippen molar-refractivity contribution in [2.75, 3.05) is 11.1 Å². The van der Waals surface area contributed by atoms with Crippen molar-refractivity contribution in [3.63, 3.8) is 0 Å². The van der Waals surface area contributed by atoms with E-state index in [1.165, 1.54) is 6.07 Å². The quantitative estimate of drug-likeness (QED) is 0.618. The molecule has 0 bridgehead atoms. The molecule has 130 valence electrons. The number of aromatic nitrogens is 3. The summed E-state index contributed by atoms with van der Waals surface area (Å²) in [5.41, 5.74) is 0.484. The normalized spacial score (nSPS) is 11.6. The number of aromatic amines is 2. The van der Waals surface area contributed by atoms with Gasteiger partial charge in [-0.25, -0.2) is 9.78 Å². The second-order valence-corrected chi connectivity index (χ2v) is 6.05. The lowest BCUT2D eigenvalue weighted by Crippen LogP contribution is -2.14. The fourth-order valence-electron chi connectivity index (χ4n) is 2.08. The largest absolute Gasteiger partial charge is 0.417 e. The summed E-state index contributed by atoms with van der Waals surface area (Å²) in [5.74, 6) is -0.357. The highest BCUT2D eigenvalue weighted by Gasteiger charge is 2.30. The maximum Gasteiger partial charge on any atom is 0.417 e. The Hall–Kier alpha value is -2.75. The molecule has 0 aliphatic carbocycles. The molecule has 10 heteroatoms. The molecule has 25 heavy (non-hydrogen) atoms. The zero-order valence-corrected chi connectivity index (χ0v) is 13.3. The Labute approximate surface area is 142 Å². The van der Waals surface area contributed by atoms with Crippen molar-refractivity contribution in [1.29, 1.82) is 0 Å². The van der Waals surface area contributed by atoms with Gasteiger partial charge in [0, 0.05) is 11.9 Å². The van der Waals surface area contributed by atoms with E-state index in [2.05, 4.69) is 20.3 Å². The number of hydrogen-bond donors (Lipinski definition) is 3. The Balaban J connectivity index is 1.59. The number of imidazole rings is 1. The number of nitrogens with one attached hydrogen (secondary N) is 3. The average molecular weight is 368 g/mol. The number of halogens is 3. The molecule has 1 aromatic carbocycles. The number of anilines is 1. The van der Waals surface area contributed by atoms with Crippen LogP contribution in [0.1, 0.15) is 5.56 Å². The van der Waals surface area contributed by atoms with E-state index in [9.17, 15) is 22.8 Å². The maximum atomic E-state index is 12.5. The van der Waals surface area contributed by atoms with Crippen molar-refractivity contribution < 1.29 is 18.0 Å². The summed E-state index contributed by atoms with van der Waals surface area (Å²) in [6, 6.07) is 7.02. The molecular weight excluding hydrogens is 357 g/mol. The monoisotopic (exact) mass is 368 g/mol. The van der Waals surface area contributed by atoms with Gasteiger partial charge in [-0.2, -0.15) is 13.2 Å². The third kappa shape index (κ3) is 4.21. The molecule has 0 saturated carbocycles. The summed E-state index contributed by atoms with van der Waals surface area (Å²) >= 11 is 1.02. The first kappa shape index (κ1) is 17.1. The second-order valence-electron chi connectivity index (χ2n) is 5.06. The van der Waals surface area contributed by atoms with Gasteiger partial charge in [0.15, 0.2) is 0 Å². The summed E-state index contributed by atoms with van der Waals surface area (Å²) in [4.78, 5) is 32.0. The molecule has 0 aliphatic rings. The summed E-state index contributed by atoms with van der Waals surface area (Å²) < 4.78 is 37.4. The van der Waals surface area contributed by atoms with E-state index in [0.717, 1.165) is 24.0 Å². The van der Waals surface area contributed by atoms with Crippen molar-refractivity contribution in [2.24, 2.45) is 0 Å². The van der Waals surface area contributed by atoms with Gasteiger partial charge in [-0.1, -0.05) is 11.8 Å². The number of nitrogens with zero attached hydrogens (tertiary/aromatic N) is 1. The molecule has 1 amide bonds. The van der Waals surface area contributed by atoms with Gasteiger partial charge in [-0.15, -0.1) is 0 Å². The third-order valence-electron chi connectivity index (χ3n) is 3.21. The summed E-state index contributed by atoms with van der Waals surface area (Å²) in [6.07, 6.45) is -3.71. The molecule has 2 aromatic heterocycles. The van der Waals surface area contributed by atoms with Crippen LogP contribution in [0.5, 0.6) is 0 Å². The standard InChI is InChI=1S/C15H11F3N4O2S/c16-15(17,18)8-1-4-13(19-6-8)25-7-12(23)20-9-2-3-10-11(5-9)22-14(24)21-10/h1-6H,7H2,(H,20,23)(H2,21,22,24). The molecule has 0 fully saturated rings. The number of pyridine rings is 1. The molecule has 0 spiro atoms. The first-order valence-corrected chi connectivity index (χ1v) is 7.98. The fourth-order valence-corrected chi connectivity index (χ4v) is 2.72. The van der Waals surface area contributed by atoms with Crippen molar-refractivity contribution >= 4 is 34.4 Å². The number of carbonyl (C=O) groups excluding carboxylic acids is 1. The highest BCUT2D eigenvalue weighted by atomic mass is 32.2. The van der Waals surface area contributed by atoms with Gasteiger partial charge in [0.25, 0.3) is 0 Å². The van der Waals surface area contributed by atoms with Crippen molar-refractivity contribution in [3.05, 3.63) is 52.6 Å². The van der Waals surface area contributed by atoms with Crippen LogP contribution in [0, 0.1) is 0 Å². The van der Waals surface area contributed by atoms with Crippen LogP contribution in [0.15, 0.2) is 46.3 Å². The topological polar surface area (TPSA) is 90.6 Å². The minimum atomic E-state index is -4.44. The first-order chi connectivity index (χ1) is 11.8. The molecule has 0 unspecified atom stereocenters. The molecule has 0 aliphatic heterocycles. The summed E-state index contributed by atoms with van der Waals surface area (Å²) in [6.45, 7) is 0. The molecule has 3 aromatic rings. The summed E-state index contributed by atoms with van der Waals surface area (Å²) in [7, 11) is 0. The van der Waals surface area contributed by atoms with E-state index in [4.69, 9.17) is 0 Å². The lowest BCUT2D eigenvalue weighted by molar-refractivity contribution is -0.137. The van der Waals surface area contributed by atoms with E-state index >= 15 is 0 Å². The lowest BCUT2D eigenvalue weighted by atomic mass is 10.3. The number of alkyl halides is 3. The minimum absolute atomic E-state index is 0.0138. The van der Waals surface area contributed by atoms with Crippen molar-refractivity contribution in [2.45, 2.75) is 11.2 Å². The molecule has 0 saturated heterocycles. The van der Waals surface area contributed by atoms with Gasteiger partial charge in [-0.05, 0) is 30.3 Å². The molecule has 0 radical (unpaired) electrons. The van der Waals surface area contributed by atoms with Crippen LogP contribution in [-0.2, 0) is 11.0 Å². The number of H-pyrrole nitrogens is 2. The molecule has 2 heterocycles. The predicted molar refractivity (Wildman–Crippen MR) is 87.5 cm³/mol. The van der Waals surface area contributed by atoms with E-state index < -0.39 is 11.7 Å². The molecule has 3 N–H and O–H groups in total. The Morgan fingerprint density at radius 2 is 1.92 bits per heavy atom. The van der Waals surface area contributed by atoms with Gasteiger partial charge in [0.05, 0.1) is 27.4 Å². The van der Waals surface area contributed by atoms with Crippen molar-refractivity contribution in [3.8, 4) is 0 Å². The van der Waals surface area contributed by atoms with E-state index in [0.29, 0.717) is 21.7 Å². The van der Waals surface area contributed by atoms with Crippen LogP contribution in [0.3, 0.4) is 0 Å². The Bertz CT molecular complexity index is 963. The average Bonchev–Trinajstić information content (AvgIpc) is 2.92.